The van der Waals surface area contributed by atoms with Gasteiger partial charge in [-0.3, -0.25) is 10.6 Å². The van der Waals surface area contributed by atoms with Crippen LogP contribution in [0.2, 0.25) is 5.02 Å². The summed E-state index contributed by atoms with van der Waals surface area (Å²) in [4.78, 5) is 26.1. The minimum Gasteiger partial charge on any atom is -0.478 e. The van der Waals surface area contributed by atoms with Gasteiger partial charge in [-0.05, 0) is 55.0 Å². The van der Waals surface area contributed by atoms with Crippen molar-refractivity contribution in [2.45, 2.75) is 102 Å². The summed E-state index contributed by atoms with van der Waals surface area (Å²) in [7, 11) is -1.82. The standard InChI is InChI=1S/C24H40ClNO.C7H8N2O4S/c1-3-4-5-6-7-8-9-10-11-12-13-14-15-16-21-26(2)24(27)22-17-19-23(25)20-18-22;8-9-14(12,13)6-3-1-5(2-4-6)7(10)11/h17-20H,3-16,21H2,1-2H3;1-4,9H,8H2,(H,10,11). The number of unbranched alkanes of at least 4 members (excludes halogenated alkanes) is 13. The predicted molar refractivity (Wildman–Crippen MR) is 167 cm³/mol. The number of carbonyl (C=O) groups excluding carboxylic acids is 1. The van der Waals surface area contributed by atoms with Crippen LogP contribution in [-0.4, -0.2) is 43.9 Å². The lowest BCUT2D eigenvalue weighted by Gasteiger charge is -2.17. The van der Waals surface area contributed by atoms with Gasteiger partial charge >= 0.3 is 5.97 Å². The average Bonchev–Trinajstić information content (AvgIpc) is 2.97. The van der Waals surface area contributed by atoms with E-state index in [2.05, 4.69) is 6.92 Å². The number of carboxylic acid groups (broad SMARTS) is 1. The van der Waals surface area contributed by atoms with Crippen molar-refractivity contribution < 1.29 is 23.1 Å². The van der Waals surface area contributed by atoms with Crippen LogP contribution in [0.25, 0.3) is 0 Å². The summed E-state index contributed by atoms with van der Waals surface area (Å²) in [5, 5.41) is 9.21. The molecule has 0 bridgehead atoms. The molecule has 2 aromatic rings. The Hall–Kier alpha value is -2.46. The van der Waals surface area contributed by atoms with Crippen LogP contribution in [-0.2, 0) is 10.0 Å². The SMILES string of the molecule is CCCCCCCCCCCCCCCCN(C)C(=O)c1ccc(Cl)cc1.NNS(=O)(=O)c1ccc(C(=O)O)cc1. The van der Waals surface area contributed by atoms with Gasteiger partial charge in [0.25, 0.3) is 15.9 Å². The highest BCUT2D eigenvalue weighted by Gasteiger charge is 2.12. The first-order valence-electron chi connectivity index (χ1n) is 14.7. The highest BCUT2D eigenvalue weighted by atomic mass is 35.5. The maximum absolute atomic E-state index is 12.3. The van der Waals surface area contributed by atoms with E-state index in [1.807, 2.05) is 11.9 Å². The minimum absolute atomic E-state index is 0.0148. The topological polar surface area (TPSA) is 130 Å². The summed E-state index contributed by atoms with van der Waals surface area (Å²) in [5.74, 6) is 3.75. The Labute approximate surface area is 251 Å². The molecule has 0 spiro atoms. The number of aromatic carboxylic acids is 1. The molecule has 0 heterocycles. The lowest BCUT2D eigenvalue weighted by molar-refractivity contribution is 0.0696. The van der Waals surface area contributed by atoms with Crippen molar-refractivity contribution in [2.75, 3.05) is 13.6 Å². The summed E-state index contributed by atoms with van der Waals surface area (Å²) in [6.45, 7) is 3.11. The predicted octanol–water partition coefficient (Wildman–Crippen LogP) is 7.43. The average molecular weight is 610 g/mol. The van der Waals surface area contributed by atoms with Gasteiger partial charge in [0.05, 0.1) is 10.5 Å². The fraction of sp³-hybridized carbons (Fsp3) is 0.548. The van der Waals surface area contributed by atoms with Gasteiger partial charge in [-0.25, -0.2) is 13.2 Å². The minimum atomic E-state index is -3.71. The monoisotopic (exact) mass is 609 g/mol. The van der Waals surface area contributed by atoms with E-state index in [1.54, 1.807) is 29.1 Å². The number of amides is 1. The maximum atomic E-state index is 12.3. The molecule has 0 aliphatic carbocycles. The van der Waals surface area contributed by atoms with Gasteiger partial charge in [0, 0.05) is 24.2 Å². The summed E-state index contributed by atoms with van der Waals surface area (Å²) < 4.78 is 22.2. The second-order valence-electron chi connectivity index (χ2n) is 10.3. The Balaban J connectivity index is 0.000000502. The van der Waals surface area contributed by atoms with Crippen LogP contribution in [0.3, 0.4) is 0 Å². The normalized spacial score (nSPS) is 11.0. The molecule has 4 N–H and O–H groups in total. The van der Waals surface area contributed by atoms with E-state index in [9.17, 15) is 18.0 Å². The van der Waals surface area contributed by atoms with E-state index in [1.165, 1.54) is 108 Å². The maximum Gasteiger partial charge on any atom is 0.335 e. The summed E-state index contributed by atoms with van der Waals surface area (Å²) in [5.41, 5.74) is 0.730. The largest absolute Gasteiger partial charge is 0.478 e. The summed E-state index contributed by atoms with van der Waals surface area (Å²) in [6.07, 6.45) is 19.0. The van der Waals surface area contributed by atoms with E-state index >= 15 is 0 Å². The smallest absolute Gasteiger partial charge is 0.335 e. The number of sulfonamides is 1. The Morgan fingerprint density at radius 2 is 1.17 bits per heavy atom. The van der Waals surface area contributed by atoms with Crippen molar-refractivity contribution in [1.82, 2.24) is 9.73 Å². The Bertz CT molecular complexity index is 1110. The van der Waals surface area contributed by atoms with Crippen LogP contribution in [0.4, 0.5) is 0 Å². The summed E-state index contributed by atoms with van der Waals surface area (Å²) >= 11 is 5.87. The van der Waals surface area contributed by atoms with Gasteiger partial charge in [-0.15, -0.1) is 0 Å². The summed E-state index contributed by atoms with van der Waals surface area (Å²) in [6, 6.07) is 11.8. The zero-order valence-corrected chi connectivity index (χ0v) is 26.2. The number of benzene rings is 2. The number of nitrogens with zero attached hydrogens (tertiary/aromatic N) is 1. The Morgan fingerprint density at radius 3 is 1.59 bits per heavy atom. The molecule has 0 atom stereocenters. The van der Waals surface area contributed by atoms with Crippen molar-refractivity contribution in [1.29, 1.82) is 0 Å². The molecule has 0 aliphatic heterocycles. The van der Waals surface area contributed by atoms with E-state index in [4.69, 9.17) is 22.6 Å². The quantitative estimate of drug-likeness (QED) is 0.0862. The van der Waals surface area contributed by atoms with Gasteiger partial charge in [-0.2, -0.15) is 4.83 Å². The molecule has 2 rings (SSSR count). The molecule has 8 nitrogen and oxygen atoms in total. The van der Waals surface area contributed by atoms with Crippen molar-refractivity contribution in [3.8, 4) is 0 Å². The fourth-order valence-corrected chi connectivity index (χ4v) is 5.06. The number of rotatable bonds is 19. The van der Waals surface area contributed by atoms with Crippen molar-refractivity contribution in [3.63, 3.8) is 0 Å². The molecule has 41 heavy (non-hydrogen) atoms. The molecule has 2 aromatic carbocycles. The zero-order valence-electron chi connectivity index (χ0n) is 24.6. The number of nitrogens with two attached hydrogens (primary N) is 1. The molecule has 0 saturated carbocycles. The van der Waals surface area contributed by atoms with Gasteiger partial charge in [0.1, 0.15) is 0 Å². The first-order valence-corrected chi connectivity index (χ1v) is 16.5. The van der Waals surface area contributed by atoms with E-state index in [-0.39, 0.29) is 16.4 Å². The Kier molecular flexibility index (Phi) is 19.0. The Morgan fingerprint density at radius 1 is 0.756 bits per heavy atom. The number of hydrazine groups is 1. The molecule has 0 aromatic heterocycles. The van der Waals surface area contributed by atoms with E-state index < -0.39 is 16.0 Å². The highest BCUT2D eigenvalue weighted by Crippen LogP contribution is 2.14. The molecule has 1 amide bonds. The van der Waals surface area contributed by atoms with Crippen LogP contribution in [0.1, 0.15) is 118 Å². The third-order valence-electron chi connectivity index (χ3n) is 6.85. The second kappa shape index (κ2) is 21.3. The molecular weight excluding hydrogens is 562 g/mol. The number of hydrogen-bond donors (Lipinski definition) is 3. The number of nitrogens with one attached hydrogen (secondary N) is 1. The number of carbonyl (C=O) groups is 2. The van der Waals surface area contributed by atoms with Gasteiger partial charge in [-0.1, -0.05) is 102 Å². The second-order valence-corrected chi connectivity index (χ2v) is 12.4. The third-order valence-corrected chi connectivity index (χ3v) is 8.31. The molecular formula is C31H48ClN3O5S. The lowest BCUT2D eigenvalue weighted by atomic mass is 10.0. The number of hydrogen-bond acceptors (Lipinski definition) is 5. The molecule has 0 aliphatic rings. The van der Waals surface area contributed by atoms with Crippen molar-refractivity contribution in [2.24, 2.45) is 5.84 Å². The van der Waals surface area contributed by atoms with Crippen LogP contribution in [0.5, 0.6) is 0 Å². The molecule has 10 heteroatoms. The number of carboxylic acids is 1. The highest BCUT2D eigenvalue weighted by molar-refractivity contribution is 7.89. The van der Waals surface area contributed by atoms with E-state index in [0.717, 1.165) is 13.0 Å². The molecule has 0 radical (unpaired) electrons. The van der Waals surface area contributed by atoms with Gasteiger partial charge in [0.15, 0.2) is 0 Å². The number of halogens is 1. The van der Waals surface area contributed by atoms with Crippen LogP contribution in [0.15, 0.2) is 53.4 Å². The van der Waals surface area contributed by atoms with Crippen LogP contribution < -0.4 is 10.7 Å². The molecule has 0 fully saturated rings. The van der Waals surface area contributed by atoms with Crippen LogP contribution >= 0.6 is 11.6 Å². The van der Waals surface area contributed by atoms with E-state index in [0.29, 0.717) is 10.6 Å². The van der Waals surface area contributed by atoms with Crippen molar-refractivity contribution in [3.05, 3.63) is 64.7 Å². The third kappa shape index (κ3) is 15.9. The van der Waals surface area contributed by atoms with Gasteiger partial charge < -0.3 is 10.0 Å². The first-order chi connectivity index (χ1) is 19.6. The van der Waals surface area contributed by atoms with Gasteiger partial charge in [0.2, 0.25) is 0 Å². The molecule has 0 unspecified atom stereocenters. The molecule has 0 saturated heterocycles. The van der Waals surface area contributed by atoms with Crippen molar-refractivity contribution >= 4 is 33.5 Å². The lowest BCUT2D eigenvalue weighted by Crippen LogP contribution is -2.30. The zero-order chi connectivity index (χ0) is 30.5. The molecule has 230 valence electrons. The first kappa shape index (κ1) is 36.6. The van der Waals surface area contributed by atoms with Crippen LogP contribution in [0, 0.1) is 0 Å². The fourth-order valence-electron chi connectivity index (χ4n) is 4.30.